The summed E-state index contributed by atoms with van der Waals surface area (Å²) in [5.41, 5.74) is 9.67. The Bertz CT molecular complexity index is 1340. The molecule has 176 valence electrons. The van der Waals surface area contributed by atoms with Crippen LogP contribution in [0.4, 0.5) is 0 Å². The molecule has 6 rings (SSSR count). The molecule has 0 aliphatic heterocycles. The second kappa shape index (κ2) is 14.0. The minimum absolute atomic E-state index is 0. The molecule has 0 spiro atoms. The van der Waals surface area contributed by atoms with Gasteiger partial charge >= 0.3 is 41.9 Å². The molecule has 4 heteroatoms. The molecule has 5 aromatic carbocycles. The first-order valence-electron chi connectivity index (χ1n) is 11.3. The van der Waals surface area contributed by atoms with Crippen LogP contribution in [0.1, 0.15) is 16.7 Å². The Morgan fingerprint density at radius 1 is 0.771 bits per heavy atom. The zero-order chi connectivity index (χ0) is 23.2. The Labute approximate surface area is 237 Å². The van der Waals surface area contributed by atoms with Gasteiger partial charge in [0.25, 0.3) is 0 Å². The third kappa shape index (κ3) is 7.58. The normalized spacial score (nSPS) is 10.3. The molecule has 1 aliphatic rings. The molecule has 5 aromatic rings. The molecule has 0 N–H and O–H groups in total. The van der Waals surface area contributed by atoms with Gasteiger partial charge in [0.2, 0.25) is 0 Å². The van der Waals surface area contributed by atoms with Gasteiger partial charge in [-0.05, 0) is 12.0 Å². The molecule has 0 heterocycles. The third-order valence-electron chi connectivity index (χ3n) is 5.60. The van der Waals surface area contributed by atoms with Crippen LogP contribution in [0.15, 0.2) is 103 Å². The maximum absolute atomic E-state index is 3.30. The largest absolute Gasteiger partial charge is 1.00 e. The number of hydrogen-bond acceptors (Lipinski definition) is 0. The predicted octanol–water partition coefficient (Wildman–Crippen LogP) is 2.38. The van der Waals surface area contributed by atoms with E-state index in [1.807, 2.05) is 6.07 Å². The fraction of sp³-hybridized carbons (Fsp3) is 0.129. The van der Waals surface area contributed by atoms with Gasteiger partial charge in [-0.1, -0.05) is 84.3 Å². The van der Waals surface area contributed by atoms with Crippen molar-refractivity contribution in [1.29, 1.82) is 0 Å². The van der Waals surface area contributed by atoms with Crippen molar-refractivity contribution in [3.8, 4) is 22.3 Å². The van der Waals surface area contributed by atoms with E-state index < -0.39 is 0 Å². The fourth-order valence-electron chi connectivity index (χ4n) is 4.25. The van der Waals surface area contributed by atoms with E-state index in [4.69, 9.17) is 0 Å². The van der Waals surface area contributed by atoms with Crippen molar-refractivity contribution in [2.24, 2.45) is 0 Å². The number of aryl methyl sites for hydroxylation is 1. The Kier molecular flexibility index (Phi) is 11.8. The molecular weight excluding hydrogens is 563 g/mol. The molecule has 0 fully saturated rings. The van der Waals surface area contributed by atoms with E-state index in [1.54, 1.807) is 23.3 Å². The second-order valence-corrected chi connectivity index (χ2v) is 18.0. The van der Waals surface area contributed by atoms with Crippen LogP contribution >= 0.6 is 0 Å². The molecule has 0 unspecified atom stereocenters. The summed E-state index contributed by atoms with van der Waals surface area (Å²) in [6.45, 7) is 6.76. The Balaban J connectivity index is 0.000000207. The Hall–Kier alpha value is -1.83. The minimum Gasteiger partial charge on any atom is -1.00 e. The third-order valence-corrected chi connectivity index (χ3v) is 5.60. The van der Waals surface area contributed by atoms with Gasteiger partial charge in [-0.3, -0.25) is 0 Å². The summed E-state index contributed by atoms with van der Waals surface area (Å²) in [7, 11) is 0. The van der Waals surface area contributed by atoms with Crippen molar-refractivity contribution in [3.63, 3.8) is 0 Å². The van der Waals surface area contributed by atoms with Gasteiger partial charge in [0.15, 0.2) is 0 Å². The molecule has 0 saturated carbocycles. The zero-order valence-corrected chi connectivity index (χ0v) is 25.2. The van der Waals surface area contributed by atoms with Crippen molar-refractivity contribution >= 4 is 16.2 Å². The maximum Gasteiger partial charge on any atom is -0.0253 e. The summed E-state index contributed by atoms with van der Waals surface area (Å²) < 4.78 is 0. The summed E-state index contributed by atoms with van der Waals surface area (Å²) in [6, 6.07) is 39.7. The molecule has 0 radical (unpaired) electrons. The van der Waals surface area contributed by atoms with Crippen LogP contribution in [0, 0.1) is 13.0 Å². The summed E-state index contributed by atoms with van der Waals surface area (Å²) in [5.74, 6) is 0. The SMILES string of the molecule is C[Si](C)=[Zr+2].Cc1cc2c(-c3ccccc3)cccc2[cH-]1.[Cl-].[Cl-].[c-]1cccc2c1Cc1ccccc1-2. The molecule has 0 bridgehead atoms. The topological polar surface area (TPSA) is 0 Å². The van der Waals surface area contributed by atoms with Crippen LogP contribution in [0.5, 0.6) is 0 Å². The first-order chi connectivity index (χ1) is 16.0. The van der Waals surface area contributed by atoms with Gasteiger partial charge in [0.05, 0.1) is 0 Å². The molecular formula is C31H28Cl2SiZr-2. The van der Waals surface area contributed by atoms with E-state index >= 15 is 0 Å². The smallest absolute Gasteiger partial charge is 0.0253 e. The van der Waals surface area contributed by atoms with Crippen molar-refractivity contribution in [3.05, 3.63) is 126 Å². The molecule has 0 amide bonds. The predicted molar refractivity (Wildman–Crippen MR) is 141 cm³/mol. The monoisotopic (exact) mass is 588 g/mol. The maximum atomic E-state index is 3.30. The molecule has 0 aromatic heterocycles. The Morgan fingerprint density at radius 3 is 2.14 bits per heavy atom. The van der Waals surface area contributed by atoms with E-state index in [0.717, 1.165) is 6.42 Å². The summed E-state index contributed by atoms with van der Waals surface area (Å²) >= 11 is 1.74. The van der Waals surface area contributed by atoms with Crippen LogP contribution < -0.4 is 24.8 Å². The van der Waals surface area contributed by atoms with E-state index in [-0.39, 0.29) is 30.2 Å². The summed E-state index contributed by atoms with van der Waals surface area (Å²) in [4.78, 5) is 0. The Morgan fingerprint density at radius 2 is 1.40 bits per heavy atom. The van der Waals surface area contributed by atoms with Crippen LogP contribution in [0.25, 0.3) is 33.0 Å². The average Bonchev–Trinajstić information content (AvgIpc) is 3.39. The molecule has 1 aliphatic carbocycles. The van der Waals surface area contributed by atoms with E-state index in [2.05, 4.69) is 123 Å². The van der Waals surface area contributed by atoms with Crippen molar-refractivity contribution in [1.82, 2.24) is 0 Å². The molecule has 0 atom stereocenters. The van der Waals surface area contributed by atoms with Gasteiger partial charge in [-0.2, -0.15) is 35.9 Å². The first-order valence-corrected chi connectivity index (χ1v) is 17.5. The van der Waals surface area contributed by atoms with E-state index in [9.17, 15) is 0 Å². The number of benzene rings is 4. The zero-order valence-electron chi connectivity index (χ0n) is 20.3. The number of rotatable bonds is 1. The van der Waals surface area contributed by atoms with Crippen LogP contribution in [0.2, 0.25) is 13.1 Å². The fourth-order valence-corrected chi connectivity index (χ4v) is 4.25. The van der Waals surface area contributed by atoms with Gasteiger partial charge < -0.3 is 24.8 Å². The average molecular weight is 591 g/mol. The molecule has 0 nitrogen and oxygen atoms in total. The second-order valence-electron chi connectivity index (χ2n) is 8.60. The number of hydrogen-bond donors (Lipinski definition) is 0. The van der Waals surface area contributed by atoms with Crippen molar-refractivity contribution in [2.45, 2.75) is 26.4 Å². The summed E-state index contributed by atoms with van der Waals surface area (Å²) in [5, 5.41) is 2.69. The van der Waals surface area contributed by atoms with Crippen molar-refractivity contribution in [2.75, 3.05) is 0 Å². The van der Waals surface area contributed by atoms with Gasteiger partial charge in [0.1, 0.15) is 0 Å². The number of halogens is 2. The van der Waals surface area contributed by atoms with Crippen LogP contribution in [-0.4, -0.2) is 5.43 Å². The van der Waals surface area contributed by atoms with Crippen molar-refractivity contribution < 1.29 is 48.1 Å². The number of fused-ring (bicyclic) bond motifs is 4. The van der Waals surface area contributed by atoms with E-state index in [0.29, 0.717) is 0 Å². The van der Waals surface area contributed by atoms with Crippen LogP contribution in [0.3, 0.4) is 0 Å². The van der Waals surface area contributed by atoms with Gasteiger partial charge in [-0.15, -0.1) is 40.1 Å². The molecule has 35 heavy (non-hydrogen) atoms. The van der Waals surface area contributed by atoms with Crippen LogP contribution in [-0.2, 0) is 29.8 Å². The van der Waals surface area contributed by atoms with E-state index in [1.165, 1.54) is 49.7 Å². The first kappa shape index (κ1) is 29.4. The molecule has 0 saturated heterocycles. The van der Waals surface area contributed by atoms with Gasteiger partial charge in [-0.25, -0.2) is 0 Å². The minimum atomic E-state index is 0. The standard InChI is InChI=1S/C16H13.C13H9.C2H6Si.2ClH.Zr/c1-12-10-14-8-5-9-15(16(14)11-12)13-6-3-2-4-7-13;1-3-7-12-10(5-1)9-11-6-2-4-8-13(11)12;1-3-2;;;/h2-11H,1H3;1-5,7-8H,9H2;1-2H3;2*1H;/q2*-1;;;;+2/p-2. The quantitative estimate of drug-likeness (QED) is 0.204. The van der Waals surface area contributed by atoms with Gasteiger partial charge in [0, 0.05) is 0 Å². The summed E-state index contributed by atoms with van der Waals surface area (Å²) in [6.07, 6.45) is 1.05.